The lowest BCUT2D eigenvalue weighted by atomic mass is 10.1. The monoisotopic (exact) mass is 327 g/mol. The fraction of sp³-hybridized carbons (Fsp3) is 0.316. The first-order chi connectivity index (χ1) is 11.7. The van der Waals surface area contributed by atoms with Gasteiger partial charge in [0.15, 0.2) is 11.5 Å². The maximum Gasteiger partial charge on any atom is 0.216 e. The summed E-state index contributed by atoms with van der Waals surface area (Å²) >= 11 is 0. The minimum atomic E-state index is 0.0722. The molecule has 0 spiro atoms. The number of ether oxygens (including phenoxy) is 4. The molecule has 0 radical (unpaired) electrons. The number of benzene rings is 2. The molecule has 0 aliphatic carbocycles. The molecule has 0 N–H and O–H groups in total. The van der Waals surface area contributed by atoms with Crippen molar-refractivity contribution in [3.63, 3.8) is 0 Å². The van der Waals surface area contributed by atoms with Crippen molar-refractivity contribution in [1.29, 1.82) is 0 Å². The smallest absolute Gasteiger partial charge is 0.216 e. The molecule has 0 bridgehead atoms. The second kappa shape index (κ2) is 7.25. The Morgan fingerprint density at radius 2 is 1.67 bits per heavy atom. The third-order valence-electron chi connectivity index (χ3n) is 3.93. The Labute approximate surface area is 141 Å². The molecule has 0 saturated heterocycles. The lowest BCUT2D eigenvalue weighted by Gasteiger charge is -2.14. The zero-order valence-electron chi connectivity index (χ0n) is 14.1. The highest BCUT2D eigenvalue weighted by atomic mass is 16.5. The van der Waals surface area contributed by atoms with Crippen LogP contribution in [0, 0.1) is 0 Å². The van der Waals surface area contributed by atoms with Crippen LogP contribution < -0.4 is 14.2 Å². The average Bonchev–Trinajstić information content (AvgIpc) is 3.10. The van der Waals surface area contributed by atoms with Crippen molar-refractivity contribution >= 4 is 5.90 Å². The average molecular weight is 327 g/mol. The molecule has 5 heteroatoms. The molecule has 5 nitrogen and oxygen atoms in total. The summed E-state index contributed by atoms with van der Waals surface area (Å²) in [5, 5.41) is 0. The van der Waals surface area contributed by atoms with E-state index >= 15 is 0 Å². The second-order valence-corrected chi connectivity index (χ2v) is 5.50. The summed E-state index contributed by atoms with van der Waals surface area (Å²) < 4.78 is 21.9. The molecule has 1 aliphatic rings. The molecule has 1 aliphatic heterocycles. The predicted molar refractivity (Wildman–Crippen MR) is 92.5 cm³/mol. The number of nitrogens with zero attached hydrogens (tertiary/aromatic N) is 1. The van der Waals surface area contributed by atoms with Crippen LogP contribution in [-0.2, 0) is 11.2 Å². The third-order valence-corrected chi connectivity index (χ3v) is 3.93. The van der Waals surface area contributed by atoms with Crippen molar-refractivity contribution < 1.29 is 18.9 Å². The van der Waals surface area contributed by atoms with Crippen LogP contribution in [0.3, 0.4) is 0 Å². The molecule has 0 fully saturated rings. The molecular formula is C19H21NO4. The van der Waals surface area contributed by atoms with Gasteiger partial charge in [-0.15, -0.1) is 0 Å². The highest BCUT2D eigenvalue weighted by Crippen LogP contribution is 2.38. The van der Waals surface area contributed by atoms with E-state index in [9.17, 15) is 0 Å². The Hall–Kier alpha value is -2.69. The molecule has 24 heavy (non-hydrogen) atoms. The van der Waals surface area contributed by atoms with E-state index in [1.165, 1.54) is 0 Å². The first kappa shape index (κ1) is 16.2. The van der Waals surface area contributed by atoms with Gasteiger partial charge in [0.2, 0.25) is 11.6 Å². The number of hydrogen-bond acceptors (Lipinski definition) is 5. The topological polar surface area (TPSA) is 49.3 Å². The van der Waals surface area contributed by atoms with E-state index in [0.29, 0.717) is 29.8 Å². The van der Waals surface area contributed by atoms with Crippen LogP contribution in [0.1, 0.15) is 11.1 Å². The van der Waals surface area contributed by atoms with Gasteiger partial charge in [-0.3, -0.25) is 0 Å². The van der Waals surface area contributed by atoms with Gasteiger partial charge in [0.25, 0.3) is 0 Å². The maximum atomic E-state index is 5.74. The SMILES string of the molecule is COc1cc(CC2COC(c3ccccc3)=N2)cc(OC)c1OC. The molecule has 2 aromatic carbocycles. The standard InChI is InChI=1S/C19H21NO4/c1-21-16-10-13(11-17(22-2)18(16)23-3)9-15-12-24-19(20-15)14-7-5-4-6-8-14/h4-8,10-11,15H,9,12H2,1-3H3. The predicted octanol–water partition coefficient (Wildman–Crippen LogP) is 3.10. The van der Waals surface area contributed by atoms with Crippen LogP contribution in [0.5, 0.6) is 17.2 Å². The van der Waals surface area contributed by atoms with Gasteiger partial charge in [0, 0.05) is 5.56 Å². The maximum absolute atomic E-state index is 5.74. The minimum absolute atomic E-state index is 0.0722. The number of hydrogen-bond donors (Lipinski definition) is 0. The first-order valence-electron chi connectivity index (χ1n) is 7.80. The molecule has 126 valence electrons. The summed E-state index contributed by atoms with van der Waals surface area (Å²) in [6.45, 7) is 0.570. The fourth-order valence-corrected chi connectivity index (χ4v) is 2.78. The Morgan fingerprint density at radius 3 is 2.25 bits per heavy atom. The molecule has 0 amide bonds. The molecule has 3 rings (SSSR count). The zero-order chi connectivity index (χ0) is 16.9. The van der Waals surface area contributed by atoms with Gasteiger partial charge < -0.3 is 18.9 Å². The van der Waals surface area contributed by atoms with E-state index in [1.807, 2.05) is 42.5 Å². The highest BCUT2D eigenvalue weighted by Gasteiger charge is 2.22. The summed E-state index contributed by atoms with van der Waals surface area (Å²) in [6.07, 6.45) is 0.743. The van der Waals surface area contributed by atoms with Gasteiger partial charge in [0.1, 0.15) is 6.61 Å². The lowest BCUT2D eigenvalue weighted by Crippen LogP contribution is -2.10. The normalized spacial score (nSPS) is 16.3. The van der Waals surface area contributed by atoms with Crippen molar-refractivity contribution in [2.45, 2.75) is 12.5 Å². The van der Waals surface area contributed by atoms with E-state index in [0.717, 1.165) is 17.5 Å². The van der Waals surface area contributed by atoms with Gasteiger partial charge >= 0.3 is 0 Å². The molecule has 0 saturated carbocycles. The van der Waals surface area contributed by atoms with Gasteiger partial charge in [0.05, 0.1) is 27.4 Å². The summed E-state index contributed by atoms with van der Waals surface area (Å²) in [7, 11) is 4.83. The second-order valence-electron chi connectivity index (χ2n) is 5.50. The third kappa shape index (κ3) is 3.30. The van der Waals surface area contributed by atoms with E-state index in [2.05, 4.69) is 4.99 Å². The van der Waals surface area contributed by atoms with Gasteiger partial charge in [-0.25, -0.2) is 4.99 Å². The Morgan fingerprint density at radius 1 is 1.00 bits per heavy atom. The van der Waals surface area contributed by atoms with E-state index < -0.39 is 0 Å². The van der Waals surface area contributed by atoms with E-state index in [1.54, 1.807) is 21.3 Å². The number of rotatable bonds is 6. The molecule has 0 aromatic heterocycles. The summed E-state index contributed by atoms with van der Waals surface area (Å²) in [4.78, 5) is 4.69. The molecule has 1 heterocycles. The number of methoxy groups -OCH3 is 3. The van der Waals surface area contributed by atoms with Gasteiger partial charge in [-0.05, 0) is 36.2 Å². The Kier molecular flexibility index (Phi) is 4.89. The van der Waals surface area contributed by atoms with Crippen LogP contribution in [0.15, 0.2) is 47.5 Å². The zero-order valence-corrected chi connectivity index (χ0v) is 14.1. The van der Waals surface area contributed by atoms with Crippen LogP contribution in [0.2, 0.25) is 0 Å². The van der Waals surface area contributed by atoms with Crippen LogP contribution in [0.4, 0.5) is 0 Å². The quantitative estimate of drug-likeness (QED) is 0.818. The molecule has 2 aromatic rings. The molecule has 1 atom stereocenters. The van der Waals surface area contributed by atoms with Gasteiger partial charge in [-0.1, -0.05) is 18.2 Å². The Bertz CT molecular complexity index is 702. The fourth-order valence-electron chi connectivity index (χ4n) is 2.78. The first-order valence-corrected chi connectivity index (χ1v) is 7.80. The van der Waals surface area contributed by atoms with Crippen molar-refractivity contribution in [3.05, 3.63) is 53.6 Å². The highest BCUT2D eigenvalue weighted by molar-refractivity contribution is 5.95. The largest absolute Gasteiger partial charge is 0.493 e. The number of aliphatic imine (C=N–C) groups is 1. The van der Waals surface area contributed by atoms with Crippen molar-refractivity contribution in [1.82, 2.24) is 0 Å². The summed E-state index contributed by atoms with van der Waals surface area (Å²) in [6, 6.07) is 13.9. The summed E-state index contributed by atoms with van der Waals surface area (Å²) in [5.74, 6) is 2.60. The van der Waals surface area contributed by atoms with Crippen LogP contribution in [0.25, 0.3) is 0 Å². The summed E-state index contributed by atoms with van der Waals surface area (Å²) in [5.41, 5.74) is 2.07. The van der Waals surface area contributed by atoms with E-state index in [-0.39, 0.29) is 6.04 Å². The van der Waals surface area contributed by atoms with Gasteiger partial charge in [-0.2, -0.15) is 0 Å². The lowest BCUT2D eigenvalue weighted by molar-refractivity contribution is 0.314. The molecule has 1 unspecified atom stereocenters. The van der Waals surface area contributed by atoms with Crippen molar-refractivity contribution in [2.24, 2.45) is 4.99 Å². The van der Waals surface area contributed by atoms with Crippen LogP contribution in [-0.4, -0.2) is 39.9 Å². The van der Waals surface area contributed by atoms with Crippen molar-refractivity contribution in [3.8, 4) is 17.2 Å². The minimum Gasteiger partial charge on any atom is -0.493 e. The van der Waals surface area contributed by atoms with E-state index in [4.69, 9.17) is 18.9 Å². The van der Waals surface area contributed by atoms with Crippen molar-refractivity contribution in [2.75, 3.05) is 27.9 Å². The molecular weight excluding hydrogens is 306 g/mol. The van der Waals surface area contributed by atoms with Crippen LogP contribution >= 0.6 is 0 Å². The Balaban J connectivity index is 1.81.